The second kappa shape index (κ2) is 5.71. The zero-order chi connectivity index (χ0) is 13.9. The van der Waals surface area contributed by atoms with Gasteiger partial charge in [-0.1, -0.05) is 0 Å². The molecule has 100 valence electrons. The van der Waals surface area contributed by atoms with E-state index < -0.39 is 9.84 Å². The summed E-state index contributed by atoms with van der Waals surface area (Å²) in [6, 6.07) is 1.83. The molecule has 0 radical (unpaired) electrons. The minimum Gasteiger partial charge on any atom is -0.384 e. The fourth-order valence-corrected chi connectivity index (χ4v) is 3.96. The lowest BCUT2D eigenvalue weighted by Gasteiger charge is -2.11. The smallest absolute Gasteiger partial charge is 0.148 e. The molecule has 3 N–H and O–H groups in total. The van der Waals surface area contributed by atoms with E-state index in [-0.39, 0.29) is 11.6 Å². The number of rotatable bonds is 5. The predicted molar refractivity (Wildman–Crippen MR) is 75.2 cm³/mol. The van der Waals surface area contributed by atoms with Crippen LogP contribution in [-0.2, 0) is 9.84 Å². The van der Waals surface area contributed by atoms with Crippen LogP contribution in [0.3, 0.4) is 0 Å². The Morgan fingerprint density at radius 3 is 2.61 bits per heavy atom. The van der Waals surface area contributed by atoms with Gasteiger partial charge in [-0.2, -0.15) is 0 Å². The van der Waals surface area contributed by atoms with Crippen molar-refractivity contribution < 1.29 is 8.42 Å². The molecule has 0 spiro atoms. The van der Waals surface area contributed by atoms with Crippen LogP contribution in [0.2, 0.25) is 0 Å². The van der Waals surface area contributed by atoms with E-state index in [0.29, 0.717) is 17.0 Å². The standard InChI is InChI=1S/C11H17N3O2S2/c1-7-6-9(17-4-5-18(3,15)16)10(11(12)13)8(2)14-7/h6H,4-5H2,1-3H3,(H3,12,13). The Kier molecular flexibility index (Phi) is 4.75. The lowest BCUT2D eigenvalue weighted by atomic mass is 10.1. The first-order valence-corrected chi connectivity index (χ1v) is 8.38. The van der Waals surface area contributed by atoms with E-state index in [1.165, 1.54) is 18.0 Å². The number of nitrogens with zero attached hydrogens (tertiary/aromatic N) is 1. The highest BCUT2D eigenvalue weighted by Crippen LogP contribution is 2.25. The van der Waals surface area contributed by atoms with E-state index >= 15 is 0 Å². The molecule has 1 aromatic heterocycles. The Morgan fingerprint density at radius 2 is 2.11 bits per heavy atom. The Morgan fingerprint density at radius 1 is 1.50 bits per heavy atom. The summed E-state index contributed by atoms with van der Waals surface area (Å²) in [5.74, 6) is 0.513. The SMILES string of the molecule is Cc1cc(SCCS(C)(=O)=O)c(C(=N)N)c(C)n1. The number of aryl methyl sites for hydroxylation is 2. The largest absolute Gasteiger partial charge is 0.384 e. The van der Waals surface area contributed by atoms with Gasteiger partial charge in [-0.3, -0.25) is 10.4 Å². The molecular formula is C11H17N3O2S2. The maximum absolute atomic E-state index is 11.1. The number of hydrogen-bond donors (Lipinski definition) is 2. The molecule has 0 aliphatic heterocycles. The second-order valence-corrected chi connectivity index (χ2v) is 7.51. The number of amidine groups is 1. The first-order chi connectivity index (χ1) is 8.20. The van der Waals surface area contributed by atoms with Crippen molar-refractivity contribution in [2.24, 2.45) is 5.73 Å². The number of nitrogens with two attached hydrogens (primary N) is 1. The van der Waals surface area contributed by atoms with Crippen LogP contribution in [0.1, 0.15) is 17.0 Å². The lowest BCUT2D eigenvalue weighted by Crippen LogP contribution is -2.16. The van der Waals surface area contributed by atoms with E-state index in [2.05, 4.69) is 4.98 Å². The summed E-state index contributed by atoms with van der Waals surface area (Å²) in [7, 11) is -2.97. The molecule has 0 bridgehead atoms. The van der Waals surface area contributed by atoms with Gasteiger partial charge < -0.3 is 5.73 Å². The van der Waals surface area contributed by atoms with Gasteiger partial charge in [-0.25, -0.2) is 8.42 Å². The highest BCUT2D eigenvalue weighted by Gasteiger charge is 2.12. The third-order valence-corrected chi connectivity index (χ3v) is 4.52. The Balaban J connectivity index is 2.97. The van der Waals surface area contributed by atoms with Crippen molar-refractivity contribution in [2.75, 3.05) is 17.8 Å². The van der Waals surface area contributed by atoms with Gasteiger partial charge in [-0.05, 0) is 19.9 Å². The minimum atomic E-state index is -2.97. The van der Waals surface area contributed by atoms with Crippen molar-refractivity contribution in [2.45, 2.75) is 18.7 Å². The van der Waals surface area contributed by atoms with E-state index in [1.54, 1.807) is 6.92 Å². The van der Waals surface area contributed by atoms with Crippen molar-refractivity contribution >= 4 is 27.4 Å². The van der Waals surface area contributed by atoms with Crippen LogP contribution in [0.5, 0.6) is 0 Å². The molecule has 7 heteroatoms. The minimum absolute atomic E-state index is 0.0399. The number of thioether (sulfide) groups is 1. The van der Waals surface area contributed by atoms with Gasteiger partial charge in [0.25, 0.3) is 0 Å². The van der Waals surface area contributed by atoms with Crippen LogP contribution >= 0.6 is 11.8 Å². The number of aromatic nitrogens is 1. The first kappa shape index (κ1) is 15.0. The normalized spacial score (nSPS) is 11.5. The first-order valence-electron chi connectivity index (χ1n) is 5.34. The quantitative estimate of drug-likeness (QED) is 0.480. The average Bonchev–Trinajstić information content (AvgIpc) is 2.13. The molecule has 0 aliphatic rings. The lowest BCUT2D eigenvalue weighted by molar-refractivity contribution is 0.603. The summed E-state index contributed by atoms with van der Waals surface area (Å²) < 4.78 is 22.2. The zero-order valence-electron chi connectivity index (χ0n) is 10.6. The number of pyridine rings is 1. The van der Waals surface area contributed by atoms with E-state index in [1.807, 2.05) is 13.0 Å². The fourth-order valence-electron chi connectivity index (χ4n) is 1.54. The van der Waals surface area contributed by atoms with E-state index in [4.69, 9.17) is 11.1 Å². The third kappa shape index (κ3) is 4.30. The summed E-state index contributed by atoms with van der Waals surface area (Å²) in [5.41, 5.74) is 7.66. The highest BCUT2D eigenvalue weighted by molar-refractivity contribution is 8.00. The number of sulfone groups is 1. The number of nitrogens with one attached hydrogen (secondary N) is 1. The molecule has 1 heterocycles. The monoisotopic (exact) mass is 287 g/mol. The third-order valence-electron chi connectivity index (χ3n) is 2.27. The molecule has 1 rings (SSSR count). The van der Waals surface area contributed by atoms with Crippen LogP contribution in [-0.4, -0.2) is 37.0 Å². The Labute approximate surface area is 112 Å². The van der Waals surface area contributed by atoms with Crippen LogP contribution in [0, 0.1) is 19.3 Å². The molecule has 1 aromatic rings. The summed E-state index contributed by atoms with van der Waals surface area (Å²) in [4.78, 5) is 5.08. The Hall–Kier alpha value is -1.08. The summed E-state index contributed by atoms with van der Waals surface area (Å²) in [5, 5.41) is 7.55. The second-order valence-electron chi connectivity index (χ2n) is 4.11. The van der Waals surface area contributed by atoms with Crippen molar-refractivity contribution in [3.8, 4) is 0 Å². The van der Waals surface area contributed by atoms with Gasteiger partial charge in [0, 0.05) is 28.3 Å². The average molecular weight is 287 g/mol. The van der Waals surface area contributed by atoms with Gasteiger partial charge in [0.1, 0.15) is 15.7 Å². The van der Waals surface area contributed by atoms with Crippen LogP contribution in [0.15, 0.2) is 11.0 Å². The highest BCUT2D eigenvalue weighted by atomic mass is 32.2. The summed E-state index contributed by atoms with van der Waals surface area (Å²) >= 11 is 1.39. The van der Waals surface area contributed by atoms with Crippen molar-refractivity contribution in [1.82, 2.24) is 4.98 Å². The van der Waals surface area contributed by atoms with Gasteiger partial charge in [0.15, 0.2) is 0 Å². The van der Waals surface area contributed by atoms with Gasteiger partial charge >= 0.3 is 0 Å². The maximum Gasteiger partial charge on any atom is 0.148 e. The molecule has 0 saturated carbocycles. The summed E-state index contributed by atoms with van der Waals surface area (Å²) in [6.07, 6.45) is 1.21. The van der Waals surface area contributed by atoms with Crippen molar-refractivity contribution in [3.05, 3.63) is 23.0 Å². The molecule has 0 aromatic carbocycles. The molecule has 0 atom stereocenters. The van der Waals surface area contributed by atoms with Crippen LogP contribution in [0.25, 0.3) is 0 Å². The van der Waals surface area contributed by atoms with Gasteiger partial charge in [-0.15, -0.1) is 11.8 Å². The van der Waals surface area contributed by atoms with Crippen molar-refractivity contribution in [1.29, 1.82) is 5.41 Å². The molecule has 5 nitrogen and oxygen atoms in total. The molecular weight excluding hydrogens is 270 g/mol. The molecule has 0 saturated heterocycles. The van der Waals surface area contributed by atoms with Gasteiger partial charge in [0.2, 0.25) is 0 Å². The predicted octanol–water partition coefficient (Wildman–Crippen LogP) is 1.12. The van der Waals surface area contributed by atoms with Crippen LogP contribution in [0.4, 0.5) is 0 Å². The zero-order valence-corrected chi connectivity index (χ0v) is 12.3. The van der Waals surface area contributed by atoms with E-state index in [9.17, 15) is 8.42 Å². The van der Waals surface area contributed by atoms with Crippen LogP contribution < -0.4 is 5.73 Å². The van der Waals surface area contributed by atoms with Crippen molar-refractivity contribution in [3.63, 3.8) is 0 Å². The maximum atomic E-state index is 11.1. The van der Waals surface area contributed by atoms with Gasteiger partial charge in [0.05, 0.1) is 11.3 Å². The van der Waals surface area contributed by atoms with E-state index in [0.717, 1.165) is 10.6 Å². The molecule has 0 amide bonds. The number of hydrogen-bond acceptors (Lipinski definition) is 5. The molecule has 0 aliphatic carbocycles. The molecule has 0 fully saturated rings. The topological polar surface area (TPSA) is 96.9 Å². The molecule has 18 heavy (non-hydrogen) atoms. The Bertz CT molecular complexity index is 568. The molecule has 0 unspecified atom stereocenters. The number of nitrogen functional groups attached to an aromatic ring is 1. The summed E-state index contributed by atoms with van der Waals surface area (Å²) in [6.45, 7) is 3.65. The fraction of sp³-hybridized carbons (Fsp3) is 0.455.